The number of anilines is 1. The van der Waals surface area contributed by atoms with Gasteiger partial charge >= 0.3 is 0 Å². The van der Waals surface area contributed by atoms with E-state index < -0.39 is 28.5 Å². The third kappa shape index (κ3) is 8.21. The van der Waals surface area contributed by atoms with Crippen LogP contribution >= 0.6 is 23.2 Å². The zero-order valence-electron chi connectivity index (χ0n) is 21.3. The highest BCUT2D eigenvalue weighted by Gasteiger charge is 2.33. The van der Waals surface area contributed by atoms with Gasteiger partial charge in [0, 0.05) is 19.5 Å². The predicted molar refractivity (Wildman–Crippen MR) is 153 cm³/mol. The molecule has 38 heavy (non-hydrogen) atoms. The van der Waals surface area contributed by atoms with Gasteiger partial charge in [-0.15, -0.1) is 0 Å². The number of rotatable bonds is 12. The molecule has 0 radical (unpaired) electrons. The standard InChI is InChI=1S/C28H31Cl2N3O4S/c1-3-16-31-28(35)26(18-21-10-6-4-7-11-21)32(19-22-14-15-24(29)25(30)17-22)27(34)20-33(38(2,36)37)23-12-8-5-9-13-23/h4-15,17,26H,3,16,18-20H2,1-2H3,(H,31,35)/t26-/m1/s1. The van der Waals surface area contributed by atoms with Gasteiger partial charge in [0.15, 0.2) is 0 Å². The number of sulfonamides is 1. The molecule has 0 heterocycles. The Labute approximate surface area is 234 Å². The van der Waals surface area contributed by atoms with Gasteiger partial charge in [-0.2, -0.15) is 0 Å². The topological polar surface area (TPSA) is 86.8 Å². The third-order valence-corrected chi connectivity index (χ3v) is 7.76. The Balaban J connectivity index is 2.04. The Bertz CT molecular complexity index is 1340. The number of hydrogen-bond acceptors (Lipinski definition) is 4. The number of para-hydroxylation sites is 1. The molecule has 1 N–H and O–H groups in total. The van der Waals surface area contributed by atoms with Crippen LogP contribution in [0.1, 0.15) is 24.5 Å². The first-order chi connectivity index (χ1) is 18.1. The van der Waals surface area contributed by atoms with Crippen molar-refractivity contribution >= 4 is 50.7 Å². The van der Waals surface area contributed by atoms with Crippen LogP contribution in [0.5, 0.6) is 0 Å². The van der Waals surface area contributed by atoms with Crippen molar-refractivity contribution in [3.8, 4) is 0 Å². The Morgan fingerprint density at radius 1 is 0.895 bits per heavy atom. The second kappa shape index (κ2) is 13.6. The Morgan fingerprint density at radius 3 is 2.11 bits per heavy atom. The van der Waals surface area contributed by atoms with Gasteiger partial charge in [0.1, 0.15) is 12.6 Å². The Hall–Kier alpha value is -3.07. The molecule has 7 nitrogen and oxygen atoms in total. The first kappa shape index (κ1) is 29.5. The Kier molecular flexibility index (Phi) is 10.6. The number of carbonyl (C=O) groups excluding carboxylic acids is 2. The second-order valence-electron chi connectivity index (χ2n) is 8.87. The van der Waals surface area contributed by atoms with E-state index in [0.29, 0.717) is 27.8 Å². The molecule has 0 fully saturated rings. The van der Waals surface area contributed by atoms with E-state index in [4.69, 9.17) is 23.2 Å². The van der Waals surface area contributed by atoms with Crippen LogP contribution in [0.4, 0.5) is 5.69 Å². The van der Waals surface area contributed by atoms with Gasteiger partial charge in [-0.05, 0) is 41.8 Å². The number of nitrogens with zero attached hydrogens (tertiary/aromatic N) is 2. The van der Waals surface area contributed by atoms with Crippen LogP contribution in [0.25, 0.3) is 0 Å². The van der Waals surface area contributed by atoms with E-state index in [0.717, 1.165) is 22.5 Å². The highest BCUT2D eigenvalue weighted by Crippen LogP contribution is 2.25. The van der Waals surface area contributed by atoms with E-state index in [2.05, 4.69) is 5.32 Å². The molecule has 10 heteroatoms. The van der Waals surface area contributed by atoms with Gasteiger partial charge < -0.3 is 10.2 Å². The van der Waals surface area contributed by atoms with Crippen LogP contribution in [0.2, 0.25) is 10.0 Å². The van der Waals surface area contributed by atoms with E-state index in [1.54, 1.807) is 48.5 Å². The fourth-order valence-corrected chi connectivity index (χ4v) is 5.13. The molecule has 3 aromatic rings. The lowest BCUT2D eigenvalue weighted by Gasteiger charge is -2.33. The van der Waals surface area contributed by atoms with Gasteiger partial charge in [-0.1, -0.05) is 84.7 Å². The van der Waals surface area contributed by atoms with Crippen molar-refractivity contribution in [2.75, 3.05) is 23.7 Å². The third-order valence-electron chi connectivity index (χ3n) is 5.88. The van der Waals surface area contributed by atoms with Crippen molar-refractivity contribution < 1.29 is 18.0 Å². The summed E-state index contributed by atoms with van der Waals surface area (Å²) in [6.45, 7) is 1.93. The molecule has 0 aliphatic rings. The molecule has 0 unspecified atom stereocenters. The maximum Gasteiger partial charge on any atom is 0.244 e. The van der Waals surface area contributed by atoms with Gasteiger partial charge in [0.25, 0.3) is 0 Å². The van der Waals surface area contributed by atoms with Crippen LogP contribution in [-0.2, 0) is 32.6 Å². The number of nitrogens with one attached hydrogen (secondary N) is 1. The zero-order valence-corrected chi connectivity index (χ0v) is 23.6. The van der Waals surface area contributed by atoms with Gasteiger partial charge in [-0.25, -0.2) is 8.42 Å². The smallest absolute Gasteiger partial charge is 0.244 e. The minimum Gasteiger partial charge on any atom is -0.354 e. The summed E-state index contributed by atoms with van der Waals surface area (Å²) >= 11 is 12.3. The maximum atomic E-state index is 13.9. The summed E-state index contributed by atoms with van der Waals surface area (Å²) in [6, 6.07) is 21.8. The minimum atomic E-state index is -3.80. The first-order valence-electron chi connectivity index (χ1n) is 12.2. The van der Waals surface area contributed by atoms with Crippen molar-refractivity contribution in [2.24, 2.45) is 0 Å². The highest BCUT2D eigenvalue weighted by molar-refractivity contribution is 7.92. The summed E-state index contributed by atoms with van der Waals surface area (Å²) in [5.41, 5.74) is 1.87. The van der Waals surface area contributed by atoms with Crippen molar-refractivity contribution in [1.82, 2.24) is 10.2 Å². The average Bonchev–Trinajstić information content (AvgIpc) is 2.90. The first-order valence-corrected chi connectivity index (χ1v) is 14.8. The van der Waals surface area contributed by atoms with Crippen LogP contribution in [0.3, 0.4) is 0 Å². The quantitative estimate of drug-likeness (QED) is 0.332. The van der Waals surface area contributed by atoms with E-state index in [-0.39, 0.29) is 18.9 Å². The number of amides is 2. The largest absolute Gasteiger partial charge is 0.354 e. The zero-order chi connectivity index (χ0) is 27.7. The fourth-order valence-electron chi connectivity index (χ4n) is 3.96. The summed E-state index contributed by atoms with van der Waals surface area (Å²) in [5.74, 6) is -0.854. The molecule has 0 aromatic heterocycles. The average molecular weight is 577 g/mol. The summed E-state index contributed by atoms with van der Waals surface area (Å²) in [5, 5.41) is 3.57. The van der Waals surface area contributed by atoms with Gasteiger partial charge in [0.05, 0.1) is 22.0 Å². The molecule has 0 bridgehead atoms. The van der Waals surface area contributed by atoms with Crippen molar-refractivity contribution in [3.05, 3.63) is 100 Å². The molecule has 3 aromatic carbocycles. The molecule has 0 saturated heterocycles. The van der Waals surface area contributed by atoms with Gasteiger partial charge in [-0.3, -0.25) is 13.9 Å². The lowest BCUT2D eigenvalue weighted by molar-refractivity contribution is -0.140. The molecule has 202 valence electrons. The summed E-state index contributed by atoms with van der Waals surface area (Å²) in [6.07, 6.45) is 2.01. The summed E-state index contributed by atoms with van der Waals surface area (Å²) < 4.78 is 26.5. The van der Waals surface area contributed by atoms with Crippen LogP contribution in [-0.4, -0.2) is 50.5 Å². The van der Waals surface area contributed by atoms with Crippen molar-refractivity contribution in [2.45, 2.75) is 32.4 Å². The number of hydrogen-bond donors (Lipinski definition) is 1. The SMILES string of the molecule is CCCNC(=O)[C@@H](Cc1ccccc1)N(Cc1ccc(Cl)c(Cl)c1)C(=O)CN(c1ccccc1)S(C)(=O)=O. The van der Waals surface area contributed by atoms with Crippen LogP contribution in [0, 0.1) is 0 Å². The molecule has 1 atom stereocenters. The maximum absolute atomic E-state index is 13.9. The summed E-state index contributed by atoms with van der Waals surface area (Å²) in [7, 11) is -3.80. The molecule has 0 saturated carbocycles. The number of carbonyl (C=O) groups is 2. The van der Waals surface area contributed by atoms with E-state index in [1.165, 1.54) is 4.90 Å². The van der Waals surface area contributed by atoms with E-state index in [1.807, 2.05) is 37.3 Å². The second-order valence-corrected chi connectivity index (χ2v) is 11.6. The molecule has 0 aliphatic heterocycles. The predicted octanol–water partition coefficient (Wildman–Crippen LogP) is 4.93. The highest BCUT2D eigenvalue weighted by atomic mass is 35.5. The van der Waals surface area contributed by atoms with Crippen molar-refractivity contribution in [1.29, 1.82) is 0 Å². The van der Waals surface area contributed by atoms with E-state index in [9.17, 15) is 18.0 Å². The van der Waals surface area contributed by atoms with E-state index >= 15 is 0 Å². The molecule has 2 amide bonds. The number of halogens is 2. The molecular weight excluding hydrogens is 545 g/mol. The van der Waals surface area contributed by atoms with Crippen molar-refractivity contribution in [3.63, 3.8) is 0 Å². The number of benzene rings is 3. The molecule has 3 rings (SSSR count). The lowest BCUT2D eigenvalue weighted by Crippen LogP contribution is -2.53. The molecule has 0 aliphatic carbocycles. The Morgan fingerprint density at radius 2 is 1.53 bits per heavy atom. The van der Waals surface area contributed by atoms with Gasteiger partial charge in [0.2, 0.25) is 21.8 Å². The van der Waals surface area contributed by atoms with Crippen LogP contribution in [0.15, 0.2) is 78.9 Å². The minimum absolute atomic E-state index is 0.0269. The summed E-state index contributed by atoms with van der Waals surface area (Å²) in [4.78, 5) is 28.8. The van der Waals surface area contributed by atoms with Crippen LogP contribution < -0.4 is 9.62 Å². The normalized spacial score (nSPS) is 12.0. The molecule has 0 spiro atoms. The monoisotopic (exact) mass is 575 g/mol. The fraction of sp³-hybridized carbons (Fsp3) is 0.286. The molecular formula is C28H31Cl2N3O4S. The lowest BCUT2D eigenvalue weighted by atomic mass is 10.0.